The number of hydrogen-bond acceptors (Lipinski definition) is 9. The molecule has 3 aromatic rings. The molecule has 33 heavy (non-hydrogen) atoms. The number of halogens is 2. The van der Waals surface area contributed by atoms with Crippen molar-refractivity contribution in [2.24, 2.45) is 0 Å². The van der Waals surface area contributed by atoms with Crippen LogP contribution in [-0.2, 0) is 21.0 Å². The maximum atomic E-state index is 12.7. The molecule has 0 radical (unpaired) electrons. The molecule has 0 heterocycles. The number of ether oxygens (including phenoxy) is 3. The summed E-state index contributed by atoms with van der Waals surface area (Å²) < 4.78 is 93.1. The lowest BCUT2D eigenvalue weighted by molar-refractivity contribution is 0.00204. The molecule has 0 aliphatic heterocycles. The number of benzene rings is 3. The molecule has 0 amide bonds. The van der Waals surface area contributed by atoms with E-state index in [0.29, 0.717) is 11.3 Å². The molecule has 0 N–H and O–H groups in total. The van der Waals surface area contributed by atoms with Crippen molar-refractivity contribution in [1.29, 1.82) is 0 Å². The van der Waals surface area contributed by atoms with E-state index in [-0.39, 0.29) is 23.0 Å². The van der Waals surface area contributed by atoms with Gasteiger partial charge in [0.1, 0.15) is 28.7 Å². The van der Waals surface area contributed by atoms with Crippen molar-refractivity contribution in [3.8, 4) is 28.7 Å². The third-order valence-corrected chi connectivity index (χ3v) is 4.70. The van der Waals surface area contributed by atoms with Crippen LogP contribution in [0.25, 0.3) is 0 Å². The molecule has 9 nitrogen and oxygen atoms in total. The molecule has 0 aromatic heterocycles. The van der Waals surface area contributed by atoms with Gasteiger partial charge < -0.3 is 22.6 Å². The Morgan fingerprint density at radius 2 is 1.03 bits per heavy atom. The van der Waals surface area contributed by atoms with Crippen molar-refractivity contribution < 1.29 is 47.2 Å². The number of methoxy groups -OCH3 is 1. The Labute approximate surface area is 188 Å². The fraction of sp³-hybridized carbons (Fsp3) is 0.100. The Hall–Kier alpha value is -3.58. The Kier molecular flexibility index (Phi) is 7.23. The number of hydrogen-bond donors (Lipinski definition) is 0. The van der Waals surface area contributed by atoms with E-state index in [0.717, 1.165) is 0 Å². The molecule has 0 bridgehead atoms. The topological polar surface area (TPSA) is 114 Å². The number of para-hydroxylation sites is 1. The smallest absolute Gasteiger partial charge is 0.488 e. The molecule has 0 unspecified atom stereocenters. The summed E-state index contributed by atoms with van der Waals surface area (Å²) >= 11 is 0. The van der Waals surface area contributed by atoms with Crippen LogP contribution in [0.4, 0.5) is 7.77 Å². The van der Waals surface area contributed by atoms with Gasteiger partial charge in [-0.05, 0) is 60.7 Å². The monoisotopic (exact) mass is 502 g/mol. The van der Waals surface area contributed by atoms with E-state index in [1.165, 1.54) is 55.6 Å². The van der Waals surface area contributed by atoms with E-state index >= 15 is 0 Å². The zero-order valence-corrected chi connectivity index (χ0v) is 18.4. The quantitative estimate of drug-likeness (QED) is 0.299. The second-order valence-corrected chi connectivity index (χ2v) is 8.11. The van der Waals surface area contributed by atoms with E-state index in [4.69, 9.17) is 14.2 Å². The Morgan fingerprint density at radius 1 is 0.636 bits per heavy atom. The van der Waals surface area contributed by atoms with Crippen LogP contribution in [0.3, 0.4) is 0 Å². The molecule has 0 spiro atoms. The predicted octanol–water partition coefficient (Wildman–Crippen LogP) is 4.04. The highest BCUT2D eigenvalue weighted by Gasteiger charge is 2.21. The van der Waals surface area contributed by atoms with E-state index in [9.17, 15) is 24.6 Å². The van der Waals surface area contributed by atoms with Crippen molar-refractivity contribution in [3.63, 3.8) is 0 Å². The first kappa shape index (κ1) is 24.1. The lowest BCUT2D eigenvalue weighted by atomic mass is 10.2. The first-order chi connectivity index (χ1) is 15.5. The van der Waals surface area contributed by atoms with Crippen LogP contribution in [0.15, 0.2) is 72.8 Å². The molecular formula is C20H16F2O9S2. The van der Waals surface area contributed by atoms with Gasteiger partial charge in [-0.15, -0.1) is 0 Å². The van der Waals surface area contributed by atoms with Gasteiger partial charge in [0, 0.05) is 0 Å². The minimum atomic E-state index is -5.17. The fourth-order valence-corrected chi connectivity index (χ4v) is 3.32. The Balaban J connectivity index is 1.86. The standard InChI is InChI=1S/C20H16F2O9S2/c1-27-19-5-3-2-4-18(19)20(28-14-6-10-16(11-7-14)30-32(21,23)24)29-15-8-12-17(13-9-15)31-33(22,25)26/h2-13,20H,1H3. The maximum absolute atomic E-state index is 12.7. The second-order valence-electron chi connectivity index (χ2n) is 6.21. The summed E-state index contributed by atoms with van der Waals surface area (Å²) in [5, 5.41) is 0. The highest BCUT2D eigenvalue weighted by Crippen LogP contribution is 2.33. The van der Waals surface area contributed by atoms with Crippen molar-refractivity contribution in [2.45, 2.75) is 6.29 Å². The first-order valence-electron chi connectivity index (χ1n) is 8.97. The van der Waals surface area contributed by atoms with Gasteiger partial charge >= 0.3 is 21.0 Å². The molecule has 13 heteroatoms. The summed E-state index contributed by atoms with van der Waals surface area (Å²) in [5.41, 5.74) is 0.471. The van der Waals surface area contributed by atoms with Crippen LogP contribution in [0, 0.1) is 0 Å². The van der Waals surface area contributed by atoms with Gasteiger partial charge in [0.2, 0.25) is 0 Å². The normalized spacial score (nSPS) is 11.6. The first-order valence-corrected chi connectivity index (χ1v) is 11.6. The second kappa shape index (κ2) is 9.92. The minimum absolute atomic E-state index is 0.206. The molecule has 0 saturated carbocycles. The average molecular weight is 502 g/mol. The average Bonchev–Trinajstić information content (AvgIpc) is 2.74. The van der Waals surface area contributed by atoms with Crippen LogP contribution in [-0.4, -0.2) is 23.9 Å². The van der Waals surface area contributed by atoms with Crippen LogP contribution in [0.1, 0.15) is 11.9 Å². The van der Waals surface area contributed by atoms with Gasteiger partial charge in [-0.2, -0.15) is 16.8 Å². The summed E-state index contributed by atoms with van der Waals surface area (Å²) in [6.07, 6.45) is -1.10. The summed E-state index contributed by atoms with van der Waals surface area (Å²) in [4.78, 5) is 0. The third-order valence-electron chi connectivity index (χ3n) is 3.92. The molecule has 0 aliphatic rings. The molecule has 0 fully saturated rings. The molecule has 0 atom stereocenters. The van der Waals surface area contributed by atoms with Crippen molar-refractivity contribution in [3.05, 3.63) is 78.4 Å². The number of rotatable bonds is 10. The predicted molar refractivity (Wildman–Crippen MR) is 111 cm³/mol. The summed E-state index contributed by atoms with van der Waals surface area (Å²) in [6, 6.07) is 16.8. The molecule has 0 saturated heterocycles. The van der Waals surface area contributed by atoms with E-state index < -0.39 is 27.3 Å². The largest absolute Gasteiger partial charge is 0.496 e. The zero-order valence-electron chi connectivity index (χ0n) is 16.8. The van der Waals surface area contributed by atoms with Gasteiger partial charge in [0.05, 0.1) is 12.7 Å². The lowest BCUT2D eigenvalue weighted by Gasteiger charge is -2.22. The van der Waals surface area contributed by atoms with Crippen molar-refractivity contribution >= 4 is 21.0 Å². The minimum Gasteiger partial charge on any atom is -0.496 e. The third kappa shape index (κ3) is 7.50. The van der Waals surface area contributed by atoms with Crippen molar-refractivity contribution in [1.82, 2.24) is 0 Å². The molecule has 3 aromatic carbocycles. The van der Waals surface area contributed by atoms with Crippen LogP contribution >= 0.6 is 0 Å². The highest BCUT2D eigenvalue weighted by atomic mass is 32.3. The van der Waals surface area contributed by atoms with E-state index in [1.807, 2.05) is 0 Å². The zero-order chi connectivity index (χ0) is 24.1. The highest BCUT2D eigenvalue weighted by molar-refractivity contribution is 7.82. The van der Waals surface area contributed by atoms with E-state index in [1.54, 1.807) is 24.3 Å². The summed E-state index contributed by atoms with van der Waals surface area (Å²) in [5.74, 6) is 0.307. The van der Waals surface area contributed by atoms with Gasteiger partial charge in [-0.1, -0.05) is 19.9 Å². The molecule has 0 aliphatic carbocycles. The lowest BCUT2D eigenvalue weighted by Crippen LogP contribution is -2.16. The van der Waals surface area contributed by atoms with Gasteiger partial charge in [0.15, 0.2) is 0 Å². The van der Waals surface area contributed by atoms with Crippen LogP contribution < -0.4 is 22.6 Å². The van der Waals surface area contributed by atoms with Crippen LogP contribution in [0.2, 0.25) is 0 Å². The van der Waals surface area contributed by atoms with E-state index in [2.05, 4.69) is 8.37 Å². The Bertz CT molecular complexity index is 1210. The molecule has 176 valence electrons. The van der Waals surface area contributed by atoms with Gasteiger partial charge in [0.25, 0.3) is 6.29 Å². The fourth-order valence-electron chi connectivity index (χ4n) is 2.64. The van der Waals surface area contributed by atoms with Gasteiger partial charge in [-0.3, -0.25) is 0 Å². The van der Waals surface area contributed by atoms with Gasteiger partial charge in [-0.25, -0.2) is 0 Å². The summed E-state index contributed by atoms with van der Waals surface area (Å²) in [6.45, 7) is 0. The molecule has 3 rings (SSSR count). The molecular weight excluding hydrogens is 486 g/mol. The Morgan fingerprint density at radius 3 is 1.42 bits per heavy atom. The SMILES string of the molecule is COc1ccccc1C(Oc1ccc(OS(=O)(=O)F)cc1)Oc1ccc(OS(=O)(=O)F)cc1. The summed E-state index contributed by atoms with van der Waals surface area (Å²) in [7, 11) is -8.90. The van der Waals surface area contributed by atoms with Crippen molar-refractivity contribution in [2.75, 3.05) is 7.11 Å². The van der Waals surface area contributed by atoms with Crippen LogP contribution in [0.5, 0.6) is 28.7 Å². The maximum Gasteiger partial charge on any atom is 0.488 e.